The fourth-order valence-corrected chi connectivity index (χ4v) is 5.75. The minimum Gasteiger partial charge on any atom is -0.356 e. The predicted octanol–water partition coefficient (Wildman–Crippen LogP) is 5.05. The van der Waals surface area contributed by atoms with Crippen molar-refractivity contribution in [2.75, 3.05) is 0 Å². The number of nitrogens with zero attached hydrogens (tertiary/aromatic N) is 8. The van der Waals surface area contributed by atoms with Gasteiger partial charge >= 0.3 is 0 Å². The van der Waals surface area contributed by atoms with Gasteiger partial charge in [-0.25, -0.2) is 9.83 Å². The fraction of sp³-hybridized carbons (Fsp3) is 0.235. The van der Waals surface area contributed by atoms with E-state index in [2.05, 4.69) is 34.7 Å². The average Bonchev–Trinajstić information content (AvgIpc) is 3.36. The third-order valence-corrected chi connectivity index (χ3v) is 8.62. The summed E-state index contributed by atoms with van der Waals surface area (Å²) in [5.41, 5.74) is 11.4. The van der Waals surface area contributed by atoms with E-state index in [1.807, 2.05) is 75.2 Å². The second-order valence-corrected chi connectivity index (χ2v) is 11.0. The highest BCUT2D eigenvalue weighted by atomic mass is 15.0. The Morgan fingerprint density at radius 1 is 0.690 bits per heavy atom. The summed E-state index contributed by atoms with van der Waals surface area (Å²) in [7, 11) is 3.90. The van der Waals surface area contributed by atoms with E-state index in [0.717, 1.165) is 77.2 Å². The van der Waals surface area contributed by atoms with Gasteiger partial charge in [-0.2, -0.15) is 5.26 Å². The molecule has 0 radical (unpaired) electrons. The molecule has 0 amide bonds. The van der Waals surface area contributed by atoms with E-state index < -0.39 is 0 Å². The second-order valence-electron chi connectivity index (χ2n) is 11.0. The summed E-state index contributed by atoms with van der Waals surface area (Å²) in [6.07, 6.45) is 3.35. The predicted molar refractivity (Wildman–Crippen MR) is 166 cm³/mol. The largest absolute Gasteiger partial charge is 0.356 e. The van der Waals surface area contributed by atoms with Crippen LogP contribution in [0.2, 0.25) is 0 Å². The van der Waals surface area contributed by atoms with E-state index in [0.29, 0.717) is 22.7 Å². The van der Waals surface area contributed by atoms with Crippen molar-refractivity contribution < 1.29 is 0 Å². The van der Waals surface area contributed by atoms with Crippen LogP contribution >= 0.6 is 0 Å². The maximum Gasteiger partial charge on any atom is 0.237 e. The van der Waals surface area contributed by atoms with Crippen molar-refractivity contribution in [3.05, 3.63) is 104 Å². The maximum absolute atomic E-state index is 10.5. The Labute approximate surface area is 243 Å². The van der Waals surface area contributed by atoms with Gasteiger partial charge in [-0.3, -0.25) is 15.0 Å². The molecule has 0 aliphatic heterocycles. The molecule has 2 aromatic carbocycles. The first-order valence-corrected chi connectivity index (χ1v) is 13.7. The zero-order valence-electron chi connectivity index (χ0n) is 25.0. The molecule has 6 aromatic rings. The molecule has 0 N–H and O–H groups in total. The van der Waals surface area contributed by atoms with E-state index in [1.54, 1.807) is 12.4 Å². The number of hydrogen-bond donors (Lipinski definition) is 0. The zero-order chi connectivity index (χ0) is 30.0. The lowest BCUT2D eigenvalue weighted by Crippen LogP contribution is -2.22. The number of rotatable bonds is 2. The number of hydrogen-bond acceptors (Lipinski definition) is 5. The third kappa shape index (κ3) is 3.88. The summed E-state index contributed by atoms with van der Waals surface area (Å²) in [6.45, 7) is 20.5. The Morgan fingerprint density at radius 2 is 1.12 bits per heavy atom. The summed E-state index contributed by atoms with van der Waals surface area (Å²) in [5.74, 6) is 0. The minimum absolute atomic E-state index is 0.415. The second kappa shape index (κ2) is 9.64. The van der Waals surface area contributed by atoms with Gasteiger partial charge in [0.25, 0.3) is 0 Å². The number of aryl methyl sites for hydroxylation is 6. The van der Waals surface area contributed by atoms with Crippen LogP contribution in [0.25, 0.3) is 49.0 Å². The van der Waals surface area contributed by atoms with Gasteiger partial charge in [0.15, 0.2) is 0 Å². The minimum atomic E-state index is 0.415. The molecule has 8 nitrogen and oxygen atoms in total. The summed E-state index contributed by atoms with van der Waals surface area (Å²) in [4.78, 5) is 23.0. The standard InChI is InChI=1S/C34H30N8/c1-17-10-24-26(12-19(17)3)39-28(15-37-24)23(14-35)33-30-21(5)42(9)34(31(30)22(6)41(33)8)32(36-7)29-16-38-25-11-18(2)20(4)13-27(25)40-29/h10-13,15-16H,1-6,8-9H3/b33-23-,34-32+. The first-order valence-electron chi connectivity index (χ1n) is 13.7. The number of nitriles is 1. The van der Waals surface area contributed by atoms with Crippen LogP contribution in [0.15, 0.2) is 36.7 Å². The quantitative estimate of drug-likeness (QED) is 0.282. The van der Waals surface area contributed by atoms with E-state index in [9.17, 15) is 5.26 Å². The summed E-state index contributed by atoms with van der Waals surface area (Å²) >= 11 is 0. The van der Waals surface area contributed by atoms with Crippen molar-refractivity contribution in [1.82, 2.24) is 29.1 Å². The SMILES string of the molecule is [C-]#[N+]/C(c1cnc2cc(C)c(C)cc2n1)=c1\c2c(C)n(C)/c(=C(/C#N)c3cnc4cc(C)c(C)cc4n3)c2c(C)n1C. The molecule has 0 bridgehead atoms. The normalized spacial score (nSPS) is 13.0. The molecule has 6 rings (SSSR count). The highest BCUT2D eigenvalue weighted by molar-refractivity contribution is 5.96. The first-order chi connectivity index (χ1) is 20.0. The van der Waals surface area contributed by atoms with E-state index in [-0.39, 0.29) is 0 Å². The Balaban J connectivity index is 1.72. The monoisotopic (exact) mass is 550 g/mol. The van der Waals surface area contributed by atoms with Gasteiger partial charge in [-0.1, -0.05) is 0 Å². The van der Waals surface area contributed by atoms with Gasteiger partial charge in [0.1, 0.15) is 17.3 Å². The lowest BCUT2D eigenvalue weighted by atomic mass is 10.1. The highest BCUT2D eigenvalue weighted by Crippen LogP contribution is 2.24. The van der Waals surface area contributed by atoms with Gasteiger partial charge in [-0.15, -0.1) is 0 Å². The molecule has 8 heteroatoms. The Morgan fingerprint density at radius 3 is 1.62 bits per heavy atom. The third-order valence-electron chi connectivity index (χ3n) is 8.62. The molecule has 0 aliphatic carbocycles. The van der Waals surface area contributed by atoms with Crippen LogP contribution < -0.4 is 10.7 Å². The molecule has 0 unspecified atom stereocenters. The lowest BCUT2D eigenvalue weighted by Gasteiger charge is -2.08. The number of fused-ring (bicyclic) bond motifs is 3. The molecule has 206 valence electrons. The molecule has 0 saturated carbocycles. The summed E-state index contributed by atoms with van der Waals surface area (Å²) in [6, 6.07) is 10.5. The Bertz CT molecular complexity index is 2190. The number of aromatic nitrogens is 6. The first kappa shape index (κ1) is 26.9. The van der Waals surface area contributed by atoms with Gasteiger partial charge < -0.3 is 9.13 Å². The molecule has 42 heavy (non-hydrogen) atoms. The van der Waals surface area contributed by atoms with Crippen molar-refractivity contribution in [1.29, 1.82) is 5.26 Å². The van der Waals surface area contributed by atoms with Gasteiger partial charge in [0.2, 0.25) is 5.70 Å². The zero-order valence-corrected chi connectivity index (χ0v) is 25.0. The molecule has 0 saturated heterocycles. The van der Waals surface area contributed by atoms with E-state index in [4.69, 9.17) is 16.5 Å². The average molecular weight is 551 g/mol. The Hall–Kier alpha value is -5.34. The summed E-state index contributed by atoms with van der Waals surface area (Å²) < 4.78 is 4.04. The van der Waals surface area contributed by atoms with E-state index in [1.165, 1.54) is 0 Å². The highest BCUT2D eigenvalue weighted by Gasteiger charge is 2.22. The van der Waals surface area contributed by atoms with Crippen molar-refractivity contribution in [2.45, 2.75) is 41.5 Å². The van der Waals surface area contributed by atoms with E-state index >= 15 is 0 Å². The van der Waals surface area contributed by atoms with Crippen molar-refractivity contribution in [2.24, 2.45) is 14.1 Å². The van der Waals surface area contributed by atoms with Crippen LogP contribution in [0.1, 0.15) is 45.0 Å². The summed E-state index contributed by atoms with van der Waals surface area (Å²) in [5, 5.41) is 13.8. The van der Waals surface area contributed by atoms with Crippen molar-refractivity contribution in [3.8, 4) is 6.07 Å². The Kier molecular flexibility index (Phi) is 6.17. The molecular formula is C34H30N8. The molecule has 4 heterocycles. The van der Waals surface area contributed by atoms with Crippen molar-refractivity contribution >= 4 is 44.1 Å². The number of benzene rings is 2. The van der Waals surface area contributed by atoms with Gasteiger partial charge in [-0.05, 0) is 88.1 Å². The maximum atomic E-state index is 10.5. The topological polar surface area (TPSA) is 89.6 Å². The van der Waals surface area contributed by atoms with Crippen LogP contribution in [0.5, 0.6) is 0 Å². The smallest absolute Gasteiger partial charge is 0.237 e. The van der Waals surface area contributed by atoms with Crippen LogP contribution in [0.4, 0.5) is 0 Å². The molecule has 4 aromatic heterocycles. The van der Waals surface area contributed by atoms with Gasteiger partial charge in [0.05, 0.1) is 51.2 Å². The lowest BCUT2D eigenvalue weighted by molar-refractivity contribution is 0.826. The van der Waals surface area contributed by atoms with Crippen LogP contribution in [0, 0.1) is 59.4 Å². The van der Waals surface area contributed by atoms with Gasteiger partial charge in [0, 0.05) is 42.5 Å². The molecule has 0 atom stereocenters. The fourth-order valence-electron chi connectivity index (χ4n) is 5.75. The molecule has 0 spiro atoms. The van der Waals surface area contributed by atoms with Crippen LogP contribution in [-0.4, -0.2) is 29.1 Å². The molecule has 0 fully saturated rings. The van der Waals surface area contributed by atoms with Crippen LogP contribution in [-0.2, 0) is 14.1 Å². The molecule has 0 aliphatic rings. The molecular weight excluding hydrogens is 520 g/mol. The van der Waals surface area contributed by atoms with Crippen molar-refractivity contribution in [3.63, 3.8) is 0 Å². The van der Waals surface area contributed by atoms with Crippen LogP contribution in [0.3, 0.4) is 0 Å².